The van der Waals surface area contributed by atoms with Gasteiger partial charge in [0.15, 0.2) is 15.7 Å². The number of sulfone groups is 1. The molecule has 0 radical (unpaired) electrons. The first kappa shape index (κ1) is 25.9. The van der Waals surface area contributed by atoms with Crippen LogP contribution in [0.3, 0.4) is 0 Å². The van der Waals surface area contributed by atoms with Gasteiger partial charge in [-0.1, -0.05) is 36.7 Å². The third-order valence-corrected chi connectivity index (χ3v) is 7.48. The topological polar surface area (TPSA) is 77.7 Å². The minimum absolute atomic E-state index is 0.0726. The van der Waals surface area contributed by atoms with Gasteiger partial charge in [-0.3, -0.25) is 0 Å². The van der Waals surface area contributed by atoms with E-state index in [4.69, 9.17) is 11.6 Å². The highest BCUT2D eigenvalue weighted by Gasteiger charge is 2.39. The molecule has 0 atom stereocenters. The Bertz CT molecular complexity index is 1600. The van der Waals surface area contributed by atoms with Crippen LogP contribution >= 0.6 is 11.6 Å². The van der Waals surface area contributed by atoms with Gasteiger partial charge in [-0.25, -0.2) is 23.4 Å². The summed E-state index contributed by atoms with van der Waals surface area (Å²) < 4.78 is 109. The van der Waals surface area contributed by atoms with E-state index < -0.39 is 55.5 Å². The fourth-order valence-corrected chi connectivity index (χ4v) is 4.84. The molecule has 0 saturated heterocycles. The van der Waals surface area contributed by atoms with E-state index in [1.807, 2.05) is 0 Å². The second kappa shape index (κ2) is 8.73. The van der Waals surface area contributed by atoms with E-state index in [-0.39, 0.29) is 27.4 Å². The fourth-order valence-electron chi connectivity index (χ4n) is 3.58. The molecule has 36 heavy (non-hydrogen) atoms. The van der Waals surface area contributed by atoms with E-state index in [0.717, 1.165) is 6.20 Å². The summed E-state index contributed by atoms with van der Waals surface area (Å²) in [7, 11) is -2.94. The molecule has 0 amide bonds. The largest absolute Gasteiger partial charge is 0.433 e. The number of hydrogen-bond acceptors (Lipinski definition) is 5. The summed E-state index contributed by atoms with van der Waals surface area (Å²) in [6.07, 6.45) is -8.88. The van der Waals surface area contributed by atoms with Crippen molar-refractivity contribution in [1.82, 2.24) is 19.5 Å². The van der Waals surface area contributed by atoms with Crippen LogP contribution in [0.5, 0.6) is 0 Å². The number of pyridine rings is 2. The van der Waals surface area contributed by atoms with Crippen LogP contribution < -0.4 is 0 Å². The van der Waals surface area contributed by atoms with Crippen LogP contribution in [0.15, 0.2) is 47.5 Å². The Kier molecular flexibility index (Phi) is 6.28. The molecule has 0 aliphatic carbocycles. The van der Waals surface area contributed by atoms with Gasteiger partial charge in [-0.15, -0.1) is 0 Å². The minimum Gasteiger partial charge on any atom is -0.324 e. The Morgan fingerprint density at radius 3 is 2.22 bits per heavy atom. The molecule has 4 aromatic rings. The van der Waals surface area contributed by atoms with Crippen LogP contribution in [0, 0.1) is 0 Å². The van der Waals surface area contributed by atoms with Gasteiger partial charge in [0.1, 0.15) is 11.4 Å². The Labute approximate surface area is 205 Å². The molecule has 190 valence electrons. The Morgan fingerprint density at radius 2 is 1.64 bits per heavy atom. The first-order chi connectivity index (χ1) is 16.6. The molecule has 0 spiro atoms. The molecule has 1 aromatic carbocycles. The van der Waals surface area contributed by atoms with Crippen molar-refractivity contribution < 1.29 is 34.8 Å². The molecule has 0 unspecified atom stereocenters. The molecule has 0 bridgehead atoms. The molecular weight excluding hydrogens is 534 g/mol. The maximum atomic E-state index is 14.1. The summed E-state index contributed by atoms with van der Waals surface area (Å²) in [5, 5.41) is -0.0726. The van der Waals surface area contributed by atoms with Gasteiger partial charge in [0.2, 0.25) is 0 Å². The van der Waals surface area contributed by atoms with Crippen molar-refractivity contribution in [3.63, 3.8) is 0 Å². The number of halogens is 7. The predicted molar refractivity (Wildman–Crippen MR) is 120 cm³/mol. The van der Waals surface area contributed by atoms with Gasteiger partial charge in [0, 0.05) is 17.6 Å². The van der Waals surface area contributed by atoms with Crippen LogP contribution in [0.25, 0.3) is 33.8 Å². The van der Waals surface area contributed by atoms with Gasteiger partial charge >= 0.3 is 12.4 Å². The van der Waals surface area contributed by atoms with Crippen LogP contribution in [0.2, 0.25) is 5.02 Å². The number of aryl methyl sites for hydroxylation is 1. The molecule has 0 saturated carbocycles. The SMILES string of the molecule is CCS(=O)(=O)c1cc(C(F)(F)F)c(-c2ccccc2Cl)nc1-c1nc2cc(C(F)(F)F)ncc2n1C. The molecule has 14 heteroatoms. The zero-order valence-corrected chi connectivity index (χ0v) is 20.0. The highest BCUT2D eigenvalue weighted by molar-refractivity contribution is 7.91. The second-order valence-corrected chi connectivity index (χ2v) is 10.3. The van der Waals surface area contributed by atoms with E-state index in [1.54, 1.807) is 0 Å². The smallest absolute Gasteiger partial charge is 0.324 e. The lowest BCUT2D eigenvalue weighted by Gasteiger charge is -2.18. The van der Waals surface area contributed by atoms with Crippen LogP contribution in [-0.2, 0) is 29.2 Å². The molecule has 6 nitrogen and oxygen atoms in total. The monoisotopic (exact) mass is 548 g/mol. The maximum absolute atomic E-state index is 14.1. The van der Waals surface area contributed by atoms with E-state index >= 15 is 0 Å². The lowest BCUT2D eigenvalue weighted by Crippen LogP contribution is -2.15. The van der Waals surface area contributed by atoms with Gasteiger partial charge in [-0.2, -0.15) is 26.3 Å². The molecule has 3 aromatic heterocycles. The van der Waals surface area contributed by atoms with Crippen LogP contribution in [0.4, 0.5) is 26.3 Å². The Morgan fingerprint density at radius 1 is 0.972 bits per heavy atom. The highest BCUT2D eigenvalue weighted by Crippen LogP contribution is 2.42. The number of rotatable bonds is 4. The van der Waals surface area contributed by atoms with Crippen molar-refractivity contribution in [2.45, 2.75) is 24.2 Å². The molecule has 0 N–H and O–H groups in total. The quantitative estimate of drug-likeness (QED) is 0.285. The molecule has 4 rings (SSSR count). The predicted octanol–water partition coefficient (Wildman–Crippen LogP) is 6.18. The first-order valence-electron chi connectivity index (χ1n) is 10.1. The average Bonchev–Trinajstić information content (AvgIpc) is 3.13. The molecular formula is C22H15ClF6N4O2S. The third-order valence-electron chi connectivity index (χ3n) is 5.41. The van der Waals surface area contributed by atoms with Crippen molar-refractivity contribution in [2.24, 2.45) is 7.05 Å². The number of fused-ring (bicyclic) bond motifs is 1. The van der Waals surface area contributed by atoms with Crippen molar-refractivity contribution in [1.29, 1.82) is 0 Å². The molecule has 0 aliphatic heterocycles. The first-order valence-corrected chi connectivity index (χ1v) is 12.2. The minimum atomic E-state index is -5.00. The van der Waals surface area contributed by atoms with E-state index in [9.17, 15) is 34.8 Å². The standard InChI is InChI=1S/C22H15ClF6N4O2S/c1-3-36(34,35)16-8-12(21(24,25)26)18(11-6-4-5-7-13(11)23)32-19(16)20-31-14-9-17(22(27,28)29)30-10-15(14)33(20)2/h4-10H,3H2,1-2H3. The zero-order valence-electron chi connectivity index (χ0n) is 18.4. The van der Waals surface area contributed by atoms with Crippen molar-refractivity contribution in [3.8, 4) is 22.8 Å². The van der Waals surface area contributed by atoms with Crippen LogP contribution in [-0.4, -0.2) is 33.7 Å². The number of alkyl halides is 6. The van der Waals surface area contributed by atoms with Crippen LogP contribution in [0.1, 0.15) is 18.2 Å². The maximum Gasteiger partial charge on any atom is 0.433 e. The lowest BCUT2D eigenvalue weighted by molar-refractivity contribution is -0.141. The van der Waals surface area contributed by atoms with E-state index in [2.05, 4.69) is 15.0 Å². The number of aromatic nitrogens is 4. The van der Waals surface area contributed by atoms with Crippen molar-refractivity contribution in [2.75, 3.05) is 5.75 Å². The average molecular weight is 549 g/mol. The Hall–Kier alpha value is -3.19. The van der Waals surface area contributed by atoms with E-state index in [0.29, 0.717) is 12.1 Å². The second-order valence-electron chi connectivity index (χ2n) is 7.66. The normalized spacial score (nSPS) is 12.9. The zero-order chi connectivity index (χ0) is 26.6. The van der Waals surface area contributed by atoms with E-state index in [1.165, 1.54) is 42.8 Å². The van der Waals surface area contributed by atoms with Crippen molar-refractivity contribution >= 4 is 32.5 Å². The fraction of sp³-hybridized carbons (Fsp3) is 0.227. The molecule has 3 heterocycles. The molecule has 0 fully saturated rings. The van der Waals surface area contributed by atoms with Gasteiger partial charge in [0.25, 0.3) is 0 Å². The van der Waals surface area contributed by atoms with Gasteiger partial charge in [0.05, 0.1) is 39.1 Å². The number of nitrogens with zero attached hydrogens (tertiary/aromatic N) is 4. The van der Waals surface area contributed by atoms with Gasteiger partial charge < -0.3 is 4.57 Å². The summed E-state index contributed by atoms with van der Waals surface area (Å²) in [6, 6.07) is 6.66. The summed E-state index contributed by atoms with van der Waals surface area (Å²) in [5.41, 5.74) is -3.93. The number of hydrogen-bond donors (Lipinski definition) is 0. The summed E-state index contributed by atoms with van der Waals surface area (Å²) in [5.74, 6) is -0.825. The number of benzene rings is 1. The molecule has 0 aliphatic rings. The van der Waals surface area contributed by atoms with Crippen molar-refractivity contribution in [3.05, 3.63) is 58.9 Å². The van der Waals surface area contributed by atoms with Gasteiger partial charge in [-0.05, 0) is 18.2 Å². The Balaban J connectivity index is 2.12. The summed E-state index contributed by atoms with van der Waals surface area (Å²) >= 11 is 6.13. The number of imidazole rings is 1. The summed E-state index contributed by atoms with van der Waals surface area (Å²) in [4.78, 5) is 10.8. The highest BCUT2D eigenvalue weighted by atomic mass is 35.5. The third kappa shape index (κ3) is 4.52. The lowest BCUT2D eigenvalue weighted by atomic mass is 10.0. The summed E-state index contributed by atoms with van der Waals surface area (Å²) in [6.45, 7) is 1.24.